The molecule has 1 N–H and O–H groups in total. The lowest BCUT2D eigenvalue weighted by Crippen LogP contribution is -2.37. The van der Waals surface area contributed by atoms with Crippen LogP contribution in [0.3, 0.4) is 0 Å². The molecule has 43 heavy (non-hydrogen) atoms. The number of hydrogen-bond acceptors (Lipinski definition) is 9. The van der Waals surface area contributed by atoms with Gasteiger partial charge in [-0.3, -0.25) is 24.6 Å². The number of carbonyl (C=O) groups is 4. The molecule has 12 heteroatoms. The summed E-state index contributed by atoms with van der Waals surface area (Å²) in [6, 6.07) is 19.4. The van der Waals surface area contributed by atoms with Crippen molar-refractivity contribution in [3.8, 4) is 17.2 Å². The van der Waals surface area contributed by atoms with Gasteiger partial charge in [0.25, 0.3) is 11.1 Å². The van der Waals surface area contributed by atoms with Gasteiger partial charge in [0, 0.05) is 24.9 Å². The molecule has 0 saturated carbocycles. The molecular formula is C31H33N3O7S2. The third kappa shape index (κ3) is 8.45. The first-order valence-electron chi connectivity index (χ1n) is 13.3. The summed E-state index contributed by atoms with van der Waals surface area (Å²) in [6.07, 6.45) is 1.73. The summed E-state index contributed by atoms with van der Waals surface area (Å²) >= 11 is 2.58. The number of rotatable bonds is 9. The van der Waals surface area contributed by atoms with Crippen molar-refractivity contribution < 1.29 is 33.5 Å². The highest BCUT2D eigenvalue weighted by Gasteiger charge is 2.31. The molecular weight excluding hydrogens is 590 g/mol. The Kier molecular flexibility index (Phi) is 9.92. The van der Waals surface area contributed by atoms with E-state index in [-0.39, 0.29) is 16.8 Å². The van der Waals surface area contributed by atoms with Crippen LogP contribution in [0.4, 0.5) is 21.0 Å². The van der Waals surface area contributed by atoms with Gasteiger partial charge in [0.15, 0.2) is 5.75 Å². The van der Waals surface area contributed by atoms with Crippen molar-refractivity contribution in [2.75, 3.05) is 23.3 Å². The van der Waals surface area contributed by atoms with Crippen molar-refractivity contribution in [3.63, 3.8) is 0 Å². The molecule has 0 radical (unpaired) electrons. The first kappa shape index (κ1) is 31.8. The van der Waals surface area contributed by atoms with Gasteiger partial charge in [-0.25, -0.2) is 4.79 Å². The minimum Gasteiger partial charge on any atom is -0.457 e. The summed E-state index contributed by atoms with van der Waals surface area (Å²) in [4.78, 5) is 57.8. The van der Waals surface area contributed by atoms with Gasteiger partial charge in [-0.15, -0.1) is 16.8 Å². The van der Waals surface area contributed by atoms with Gasteiger partial charge in [-0.05, 0) is 87.5 Å². The van der Waals surface area contributed by atoms with E-state index < -0.39 is 22.9 Å². The zero-order valence-electron chi connectivity index (χ0n) is 24.7. The van der Waals surface area contributed by atoms with Gasteiger partial charge in [0.05, 0.1) is 10.9 Å². The molecule has 4 rings (SSSR count). The second-order valence-electron chi connectivity index (χ2n) is 10.6. The van der Waals surface area contributed by atoms with E-state index in [9.17, 15) is 19.2 Å². The minimum absolute atomic E-state index is 0.285. The molecule has 0 bridgehead atoms. The Bertz CT molecular complexity index is 1510. The SMILES string of the molecule is CSc1ccc(Oc2ccc(N(Oc3ccc(CC4SC(=O)NC4=O)cc3)C(C)=O)c(N(C)C(=O)OC(C)(C)C)c2)cc1. The number of anilines is 2. The van der Waals surface area contributed by atoms with Crippen LogP contribution in [-0.2, 0) is 20.7 Å². The summed E-state index contributed by atoms with van der Waals surface area (Å²) in [5.41, 5.74) is 0.671. The second kappa shape index (κ2) is 13.4. The molecule has 1 fully saturated rings. The largest absolute Gasteiger partial charge is 0.457 e. The van der Waals surface area contributed by atoms with E-state index >= 15 is 0 Å². The van der Waals surface area contributed by atoms with Crippen molar-refractivity contribution in [2.24, 2.45) is 0 Å². The van der Waals surface area contributed by atoms with Crippen molar-refractivity contribution in [1.82, 2.24) is 5.32 Å². The Morgan fingerprint density at radius 3 is 2.12 bits per heavy atom. The topological polar surface area (TPSA) is 114 Å². The van der Waals surface area contributed by atoms with E-state index in [1.165, 1.54) is 11.8 Å². The number of imide groups is 1. The number of carbonyl (C=O) groups excluding carboxylic acids is 4. The lowest BCUT2D eigenvalue weighted by Gasteiger charge is -2.29. The fraction of sp³-hybridized carbons (Fsp3) is 0.290. The molecule has 1 atom stereocenters. The van der Waals surface area contributed by atoms with Crippen molar-refractivity contribution in [1.29, 1.82) is 0 Å². The van der Waals surface area contributed by atoms with E-state index in [4.69, 9.17) is 14.3 Å². The molecule has 3 aromatic rings. The third-order valence-electron chi connectivity index (χ3n) is 6.08. The van der Waals surface area contributed by atoms with Crippen LogP contribution in [0.5, 0.6) is 17.2 Å². The predicted octanol–water partition coefficient (Wildman–Crippen LogP) is 6.81. The quantitative estimate of drug-likeness (QED) is 0.203. The molecule has 1 unspecified atom stereocenters. The Balaban J connectivity index is 1.62. The molecule has 0 aromatic heterocycles. The molecule has 10 nitrogen and oxygen atoms in total. The molecule has 226 valence electrons. The van der Waals surface area contributed by atoms with Crippen LogP contribution in [0.15, 0.2) is 71.6 Å². The zero-order valence-corrected chi connectivity index (χ0v) is 26.3. The number of ether oxygens (including phenoxy) is 2. The highest BCUT2D eigenvalue weighted by Crippen LogP contribution is 2.36. The van der Waals surface area contributed by atoms with Crippen LogP contribution in [-0.4, -0.2) is 47.3 Å². The van der Waals surface area contributed by atoms with Crippen molar-refractivity contribution >= 4 is 58.0 Å². The third-order valence-corrected chi connectivity index (χ3v) is 7.81. The van der Waals surface area contributed by atoms with Crippen LogP contribution in [0.2, 0.25) is 0 Å². The number of benzene rings is 3. The number of thioether (sulfide) groups is 2. The lowest BCUT2D eigenvalue weighted by molar-refractivity contribution is -0.120. The summed E-state index contributed by atoms with van der Waals surface area (Å²) in [7, 11) is 1.54. The number of amides is 4. The zero-order chi connectivity index (χ0) is 31.3. The monoisotopic (exact) mass is 623 g/mol. The van der Waals surface area contributed by atoms with E-state index in [0.29, 0.717) is 29.4 Å². The van der Waals surface area contributed by atoms with Gasteiger partial charge >= 0.3 is 6.09 Å². The predicted molar refractivity (Wildman–Crippen MR) is 168 cm³/mol. The van der Waals surface area contributed by atoms with Crippen LogP contribution >= 0.6 is 23.5 Å². The molecule has 1 aliphatic heterocycles. The average Bonchev–Trinajstić information content (AvgIpc) is 3.27. The standard InChI is InChI=1S/C31H33N3O7S2/c1-19(35)34(41-22-9-7-20(8-10-22)17-27-28(36)32-29(37)43-27)25-16-13-23(39-21-11-14-24(42-6)15-12-21)18-26(25)33(5)30(38)40-31(2,3)4/h7-16,18,27H,17H2,1-6H3,(H,32,36,37). The number of hydrogen-bond donors (Lipinski definition) is 1. The smallest absolute Gasteiger partial charge is 0.414 e. The van der Waals surface area contributed by atoms with Gasteiger partial charge in [-0.2, -0.15) is 0 Å². The van der Waals surface area contributed by atoms with Gasteiger partial charge < -0.3 is 14.3 Å². The normalized spacial score (nSPS) is 14.6. The fourth-order valence-electron chi connectivity index (χ4n) is 4.03. The molecule has 1 saturated heterocycles. The van der Waals surface area contributed by atoms with Crippen LogP contribution in [0, 0.1) is 0 Å². The van der Waals surface area contributed by atoms with Crippen LogP contribution in [0.1, 0.15) is 33.3 Å². The molecule has 3 aromatic carbocycles. The Hall–Kier alpha value is -4.16. The highest BCUT2D eigenvalue weighted by atomic mass is 32.2. The van der Waals surface area contributed by atoms with Crippen LogP contribution in [0.25, 0.3) is 0 Å². The highest BCUT2D eigenvalue weighted by molar-refractivity contribution is 8.15. The molecule has 4 amide bonds. The van der Waals surface area contributed by atoms with E-state index in [2.05, 4.69) is 5.32 Å². The fourth-order valence-corrected chi connectivity index (χ4v) is 5.30. The average molecular weight is 624 g/mol. The Morgan fingerprint density at radius 1 is 0.930 bits per heavy atom. The van der Waals surface area contributed by atoms with Gasteiger partial charge in [0.2, 0.25) is 5.91 Å². The van der Waals surface area contributed by atoms with E-state index in [1.807, 2.05) is 30.5 Å². The molecule has 1 heterocycles. The van der Waals surface area contributed by atoms with E-state index in [1.54, 1.807) is 82.0 Å². The maximum absolute atomic E-state index is 13.1. The summed E-state index contributed by atoms with van der Waals surface area (Å²) in [5.74, 6) is 0.629. The van der Waals surface area contributed by atoms with Gasteiger partial charge in [0.1, 0.15) is 22.8 Å². The molecule has 0 aliphatic carbocycles. The van der Waals surface area contributed by atoms with Crippen LogP contribution < -0.4 is 24.9 Å². The van der Waals surface area contributed by atoms with Crippen molar-refractivity contribution in [2.45, 2.75) is 49.9 Å². The van der Waals surface area contributed by atoms with E-state index in [0.717, 1.165) is 27.3 Å². The lowest BCUT2D eigenvalue weighted by atomic mass is 10.1. The maximum Gasteiger partial charge on any atom is 0.414 e. The van der Waals surface area contributed by atoms with Gasteiger partial charge in [-0.1, -0.05) is 23.9 Å². The first-order chi connectivity index (χ1) is 20.3. The Labute approximate surface area is 259 Å². The maximum atomic E-state index is 13.1. The van der Waals surface area contributed by atoms with Crippen molar-refractivity contribution in [3.05, 3.63) is 72.3 Å². The second-order valence-corrected chi connectivity index (χ2v) is 12.7. The molecule has 1 aliphatic rings. The number of nitrogens with one attached hydrogen (secondary N) is 1. The number of hydroxylamine groups is 1. The summed E-state index contributed by atoms with van der Waals surface area (Å²) < 4.78 is 11.6. The summed E-state index contributed by atoms with van der Waals surface area (Å²) in [6.45, 7) is 6.64. The minimum atomic E-state index is -0.748. The molecule has 0 spiro atoms. The summed E-state index contributed by atoms with van der Waals surface area (Å²) in [5, 5.41) is 2.51. The Morgan fingerprint density at radius 2 is 1.56 bits per heavy atom. The number of nitrogens with zero attached hydrogens (tertiary/aromatic N) is 2. The first-order valence-corrected chi connectivity index (χ1v) is 15.4.